The summed E-state index contributed by atoms with van der Waals surface area (Å²) in [7, 11) is 2.19. The van der Waals surface area contributed by atoms with Crippen molar-refractivity contribution in [3.8, 4) is 0 Å². The SMILES string of the molecule is CCCCN(C)CC1(CO)CCCC1. The van der Waals surface area contributed by atoms with Crippen molar-refractivity contribution in [1.82, 2.24) is 4.90 Å². The molecule has 0 aromatic rings. The molecule has 2 heteroatoms. The van der Waals surface area contributed by atoms with Crippen LogP contribution in [0.15, 0.2) is 0 Å². The van der Waals surface area contributed by atoms with Crippen molar-refractivity contribution >= 4 is 0 Å². The highest BCUT2D eigenvalue weighted by Gasteiger charge is 2.33. The Hall–Kier alpha value is -0.0800. The third-order valence-corrected chi connectivity index (χ3v) is 3.50. The molecule has 1 aliphatic carbocycles. The van der Waals surface area contributed by atoms with Crippen LogP contribution in [0.2, 0.25) is 0 Å². The maximum absolute atomic E-state index is 9.46. The molecule has 1 rings (SSSR count). The van der Waals surface area contributed by atoms with Gasteiger partial charge >= 0.3 is 0 Å². The van der Waals surface area contributed by atoms with Crippen LogP contribution in [0.1, 0.15) is 45.4 Å². The van der Waals surface area contributed by atoms with Crippen LogP contribution in [0, 0.1) is 5.41 Å². The summed E-state index contributed by atoms with van der Waals surface area (Å²) in [5.41, 5.74) is 0.239. The summed E-state index contributed by atoms with van der Waals surface area (Å²) in [4.78, 5) is 2.39. The second-order valence-electron chi connectivity index (χ2n) is 4.96. The van der Waals surface area contributed by atoms with E-state index in [1.54, 1.807) is 0 Å². The maximum atomic E-state index is 9.46. The van der Waals surface area contributed by atoms with Crippen molar-refractivity contribution in [1.29, 1.82) is 0 Å². The van der Waals surface area contributed by atoms with Gasteiger partial charge in [-0.15, -0.1) is 0 Å². The van der Waals surface area contributed by atoms with E-state index in [9.17, 15) is 5.11 Å². The Morgan fingerprint density at radius 2 is 1.93 bits per heavy atom. The fourth-order valence-electron chi connectivity index (χ4n) is 2.57. The second kappa shape index (κ2) is 5.72. The van der Waals surface area contributed by atoms with E-state index in [1.807, 2.05) is 0 Å². The number of rotatable bonds is 6. The van der Waals surface area contributed by atoms with Crippen LogP contribution in [0.25, 0.3) is 0 Å². The third-order valence-electron chi connectivity index (χ3n) is 3.50. The van der Waals surface area contributed by atoms with Gasteiger partial charge in [0.2, 0.25) is 0 Å². The highest BCUT2D eigenvalue weighted by molar-refractivity contribution is 4.86. The smallest absolute Gasteiger partial charge is 0.0499 e. The molecule has 2 nitrogen and oxygen atoms in total. The van der Waals surface area contributed by atoms with Crippen LogP contribution in [-0.2, 0) is 0 Å². The summed E-state index contributed by atoms with van der Waals surface area (Å²) in [6, 6.07) is 0. The molecule has 0 saturated heterocycles. The van der Waals surface area contributed by atoms with E-state index in [-0.39, 0.29) is 5.41 Å². The minimum absolute atomic E-state index is 0.239. The normalized spacial score (nSPS) is 20.6. The molecule has 0 aromatic carbocycles. The molecule has 0 unspecified atom stereocenters. The van der Waals surface area contributed by atoms with Gasteiger partial charge in [0.15, 0.2) is 0 Å². The van der Waals surface area contributed by atoms with Gasteiger partial charge in [-0.25, -0.2) is 0 Å². The Kier molecular flexibility index (Phi) is 4.90. The fourth-order valence-corrected chi connectivity index (χ4v) is 2.57. The molecule has 0 aliphatic heterocycles. The Morgan fingerprint density at radius 1 is 1.29 bits per heavy atom. The molecule has 1 N–H and O–H groups in total. The lowest BCUT2D eigenvalue weighted by molar-refractivity contribution is 0.0885. The van der Waals surface area contributed by atoms with Gasteiger partial charge in [0.05, 0.1) is 0 Å². The molecule has 0 bridgehead atoms. The van der Waals surface area contributed by atoms with Gasteiger partial charge in [0.1, 0.15) is 0 Å². The number of aliphatic hydroxyl groups is 1. The van der Waals surface area contributed by atoms with Gasteiger partial charge in [-0.3, -0.25) is 0 Å². The predicted molar refractivity (Wildman–Crippen MR) is 60.4 cm³/mol. The average Bonchev–Trinajstić information content (AvgIpc) is 2.64. The number of unbranched alkanes of at least 4 members (excludes halogenated alkanes) is 1. The first kappa shape index (κ1) is 12.0. The molecule has 0 spiro atoms. The quantitative estimate of drug-likeness (QED) is 0.709. The Labute approximate surface area is 88.3 Å². The summed E-state index contributed by atoms with van der Waals surface area (Å²) in [5.74, 6) is 0. The summed E-state index contributed by atoms with van der Waals surface area (Å²) in [6.07, 6.45) is 7.60. The van der Waals surface area contributed by atoms with Gasteiger partial charge in [0, 0.05) is 18.6 Å². The molecule has 0 heterocycles. The Bertz CT molecular complexity index is 152. The summed E-state index contributed by atoms with van der Waals surface area (Å²) in [5, 5.41) is 9.46. The van der Waals surface area contributed by atoms with Crippen LogP contribution in [0.4, 0.5) is 0 Å². The van der Waals surface area contributed by atoms with Crippen molar-refractivity contribution < 1.29 is 5.11 Å². The molecule has 0 aromatic heterocycles. The standard InChI is InChI=1S/C12H25NO/c1-3-4-9-13(2)10-12(11-14)7-5-6-8-12/h14H,3-11H2,1-2H3. The average molecular weight is 199 g/mol. The molecule has 0 radical (unpaired) electrons. The third kappa shape index (κ3) is 3.25. The van der Waals surface area contributed by atoms with E-state index in [2.05, 4.69) is 18.9 Å². The molecule has 1 saturated carbocycles. The zero-order valence-corrected chi connectivity index (χ0v) is 9.76. The van der Waals surface area contributed by atoms with Crippen LogP contribution < -0.4 is 0 Å². The minimum atomic E-state index is 0.239. The molecule has 1 aliphatic rings. The van der Waals surface area contributed by atoms with Crippen molar-refractivity contribution in [2.45, 2.75) is 45.4 Å². The van der Waals surface area contributed by atoms with Crippen molar-refractivity contribution in [3.05, 3.63) is 0 Å². The van der Waals surface area contributed by atoms with Gasteiger partial charge in [0.25, 0.3) is 0 Å². The van der Waals surface area contributed by atoms with Crippen molar-refractivity contribution in [3.63, 3.8) is 0 Å². The van der Waals surface area contributed by atoms with E-state index in [4.69, 9.17) is 0 Å². The summed E-state index contributed by atoms with van der Waals surface area (Å²) in [6.45, 7) is 4.87. The van der Waals surface area contributed by atoms with Crippen LogP contribution in [-0.4, -0.2) is 36.8 Å². The molecule has 0 atom stereocenters. The van der Waals surface area contributed by atoms with Gasteiger partial charge in [-0.05, 0) is 32.9 Å². The summed E-state index contributed by atoms with van der Waals surface area (Å²) < 4.78 is 0. The highest BCUT2D eigenvalue weighted by Crippen LogP contribution is 2.38. The van der Waals surface area contributed by atoms with E-state index in [1.165, 1.54) is 45.1 Å². The molecular weight excluding hydrogens is 174 g/mol. The molecular formula is C12H25NO. The first-order chi connectivity index (χ1) is 6.72. The van der Waals surface area contributed by atoms with Crippen LogP contribution in [0.3, 0.4) is 0 Å². The number of hydrogen-bond donors (Lipinski definition) is 1. The van der Waals surface area contributed by atoms with E-state index >= 15 is 0 Å². The van der Waals surface area contributed by atoms with Gasteiger partial charge in [-0.2, -0.15) is 0 Å². The lowest BCUT2D eigenvalue weighted by Crippen LogP contribution is -2.36. The topological polar surface area (TPSA) is 23.5 Å². The minimum Gasteiger partial charge on any atom is -0.396 e. The Morgan fingerprint density at radius 3 is 2.43 bits per heavy atom. The predicted octanol–water partition coefficient (Wildman–Crippen LogP) is 2.27. The second-order valence-corrected chi connectivity index (χ2v) is 4.96. The molecule has 1 fully saturated rings. The lowest BCUT2D eigenvalue weighted by Gasteiger charge is -2.31. The summed E-state index contributed by atoms with van der Waals surface area (Å²) >= 11 is 0. The van der Waals surface area contributed by atoms with Crippen molar-refractivity contribution in [2.75, 3.05) is 26.7 Å². The number of aliphatic hydroxyl groups excluding tert-OH is 1. The van der Waals surface area contributed by atoms with Crippen LogP contribution in [0.5, 0.6) is 0 Å². The van der Waals surface area contributed by atoms with E-state index in [0.717, 1.165) is 6.54 Å². The van der Waals surface area contributed by atoms with E-state index < -0.39 is 0 Å². The Balaban J connectivity index is 2.32. The lowest BCUT2D eigenvalue weighted by atomic mass is 9.86. The first-order valence-electron chi connectivity index (χ1n) is 6.02. The number of nitrogens with zero attached hydrogens (tertiary/aromatic N) is 1. The zero-order chi connectivity index (χ0) is 10.4. The van der Waals surface area contributed by atoms with E-state index in [0.29, 0.717) is 6.61 Å². The molecule has 0 amide bonds. The van der Waals surface area contributed by atoms with Gasteiger partial charge in [-0.1, -0.05) is 26.2 Å². The fraction of sp³-hybridized carbons (Fsp3) is 1.00. The zero-order valence-electron chi connectivity index (χ0n) is 9.76. The molecule has 84 valence electrons. The van der Waals surface area contributed by atoms with Gasteiger partial charge < -0.3 is 10.0 Å². The maximum Gasteiger partial charge on any atom is 0.0499 e. The monoisotopic (exact) mass is 199 g/mol. The largest absolute Gasteiger partial charge is 0.396 e. The van der Waals surface area contributed by atoms with Crippen molar-refractivity contribution in [2.24, 2.45) is 5.41 Å². The number of hydrogen-bond acceptors (Lipinski definition) is 2. The first-order valence-corrected chi connectivity index (χ1v) is 6.02. The molecule has 14 heavy (non-hydrogen) atoms. The highest BCUT2D eigenvalue weighted by atomic mass is 16.3. The van der Waals surface area contributed by atoms with Crippen LogP contribution >= 0.6 is 0 Å².